The number of amides is 2. The van der Waals surface area contributed by atoms with Gasteiger partial charge >= 0.3 is 0 Å². The number of rotatable bonds is 5. The van der Waals surface area contributed by atoms with Gasteiger partial charge in [0.1, 0.15) is 6.04 Å². The lowest BCUT2D eigenvalue weighted by Crippen LogP contribution is -2.57. The Morgan fingerprint density at radius 1 is 1.12 bits per heavy atom. The molecule has 5 heteroatoms. The van der Waals surface area contributed by atoms with Crippen LogP contribution in [0.15, 0.2) is 24.3 Å². The van der Waals surface area contributed by atoms with E-state index in [2.05, 4.69) is 11.8 Å². The molecule has 1 aromatic carbocycles. The highest BCUT2D eigenvalue weighted by atomic mass is 16.2. The summed E-state index contributed by atoms with van der Waals surface area (Å²) in [6.07, 6.45) is 5.09. The Morgan fingerprint density at radius 3 is 2.56 bits per heavy atom. The van der Waals surface area contributed by atoms with Crippen molar-refractivity contribution in [1.29, 1.82) is 0 Å². The average molecular weight is 343 g/mol. The second-order valence-corrected chi connectivity index (χ2v) is 7.13. The third kappa shape index (κ3) is 3.65. The van der Waals surface area contributed by atoms with Crippen LogP contribution in [0.5, 0.6) is 0 Å². The van der Waals surface area contributed by atoms with Crippen molar-refractivity contribution in [3.8, 4) is 0 Å². The quantitative estimate of drug-likeness (QED) is 0.826. The van der Waals surface area contributed by atoms with Gasteiger partial charge in [0.2, 0.25) is 5.91 Å². The minimum atomic E-state index is -0.321. The monoisotopic (exact) mass is 343 g/mol. The number of carbonyl (C=O) groups excluding carboxylic acids is 2. The molecule has 2 aliphatic rings. The van der Waals surface area contributed by atoms with Gasteiger partial charge in [0.05, 0.1) is 5.56 Å². The highest BCUT2D eigenvalue weighted by molar-refractivity contribution is 6.02. The van der Waals surface area contributed by atoms with Crippen LogP contribution in [0.4, 0.5) is 5.69 Å². The van der Waals surface area contributed by atoms with Crippen LogP contribution in [0.3, 0.4) is 0 Å². The topological polar surface area (TPSA) is 43.9 Å². The largest absolute Gasteiger partial charge is 0.371 e. The van der Waals surface area contributed by atoms with E-state index in [1.54, 1.807) is 4.90 Å². The zero-order valence-corrected chi connectivity index (χ0v) is 15.4. The van der Waals surface area contributed by atoms with E-state index in [1.165, 1.54) is 12.8 Å². The molecular weight excluding hydrogens is 314 g/mol. The number of unbranched alkanes of at least 4 members (excludes halogenated alkanes) is 1. The number of carbonyl (C=O) groups is 2. The van der Waals surface area contributed by atoms with E-state index in [0.29, 0.717) is 13.1 Å². The maximum absolute atomic E-state index is 13.3. The van der Waals surface area contributed by atoms with Crippen molar-refractivity contribution in [1.82, 2.24) is 9.80 Å². The molecular formula is C20H29N3O2. The molecule has 5 nitrogen and oxygen atoms in total. The Kier molecular flexibility index (Phi) is 5.61. The molecule has 0 bridgehead atoms. The number of benzene rings is 1. The Morgan fingerprint density at radius 2 is 1.84 bits per heavy atom. The Labute approximate surface area is 150 Å². The minimum Gasteiger partial charge on any atom is -0.371 e. The summed E-state index contributed by atoms with van der Waals surface area (Å²) in [5, 5.41) is 0. The van der Waals surface area contributed by atoms with Gasteiger partial charge < -0.3 is 14.7 Å². The summed E-state index contributed by atoms with van der Waals surface area (Å²) in [5.41, 5.74) is 1.76. The summed E-state index contributed by atoms with van der Waals surface area (Å²) < 4.78 is 0. The molecule has 0 N–H and O–H groups in total. The first-order chi connectivity index (χ1) is 12.1. The molecule has 0 unspecified atom stereocenters. The van der Waals surface area contributed by atoms with Gasteiger partial charge in [-0.2, -0.15) is 0 Å². The Hall–Kier alpha value is -2.04. The summed E-state index contributed by atoms with van der Waals surface area (Å²) >= 11 is 0. The van der Waals surface area contributed by atoms with Crippen molar-refractivity contribution in [2.75, 3.05) is 38.1 Å². The summed E-state index contributed by atoms with van der Waals surface area (Å²) in [5.74, 6) is 0.0803. The number of para-hydroxylation sites is 1. The zero-order chi connectivity index (χ0) is 17.8. The van der Waals surface area contributed by atoms with E-state index in [0.717, 1.165) is 43.6 Å². The second-order valence-electron chi connectivity index (χ2n) is 7.13. The highest BCUT2D eigenvalue weighted by Gasteiger charge is 2.36. The average Bonchev–Trinajstić information content (AvgIpc) is 3.17. The molecule has 0 spiro atoms. The Bertz CT molecular complexity index is 625. The van der Waals surface area contributed by atoms with Gasteiger partial charge in [-0.1, -0.05) is 31.9 Å². The van der Waals surface area contributed by atoms with Crippen LogP contribution in [0, 0.1) is 0 Å². The fourth-order valence-corrected chi connectivity index (χ4v) is 3.87. The van der Waals surface area contributed by atoms with Gasteiger partial charge in [-0.05, 0) is 31.4 Å². The maximum atomic E-state index is 13.3. The number of hydrogen-bond donors (Lipinski definition) is 0. The van der Waals surface area contributed by atoms with E-state index in [1.807, 2.05) is 36.2 Å². The van der Waals surface area contributed by atoms with Gasteiger partial charge in [-0.25, -0.2) is 0 Å². The van der Waals surface area contributed by atoms with Gasteiger partial charge in [0, 0.05) is 38.9 Å². The molecule has 2 fully saturated rings. The SMILES string of the molecule is CCCC[C@H]1C(=O)N(C)CCN1C(=O)c1ccccc1N1CCCC1. The molecule has 2 saturated heterocycles. The van der Waals surface area contributed by atoms with E-state index in [9.17, 15) is 9.59 Å². The summed E-state index contributed by atoms with van der Waals surface area (Å²) in [4.78, 5) is 31.8. The van der Waals surface area contributed by atoms with Crippen LogP contribution in [-0.2, 0) is 4.79 Å². The molecule has 3 rings (SSSR count). The third-order valence-electron chi connectivity index (χ3n) is 5.39. The number of piperazine rings is 1. The fourth-order valence-electron chi connectivity index (χ4n) is 3.87. The van der Waals surface area contributed by atoms with E-state index in [-0.39, 0.29) is 17.9 Å². The van der Waals surface area contributed by atoms with Crippen molar-refractivity contribution in [3.05, 3.63) is 29.8 Å². The predicted octanol–water partition coefficient (Wildman–Crippen LogP) is 2.76. The minimum absolute atomic E-state index is 0.00468. The number of hydrogen-bond acceptors (Lipinski definition) is 3. The van der Waals surface area contributed by atoms with Gasteiger partial charge in [-0.3, -0.25) is 9.59 Å². The van der Waals surface area contributed by atoms with Gasteiger partial charge in [0.15, 0.2) is 0 Å². The molecule has 2 aliphatic heterocycles. The third-order valence-corrected chi connectivity index (χ3v) is 5.39. The number of likely N-dealkylation sites (N-methyl/N-ethyl adjacent to an activating group) is 1. The predicted molar refractivity (Wildman–Crippen MR) is 99.9 cm³/mol. The lowest BCUT2D eigenvalue weighted by molar-refractivity contribution is -0.138. The summed E-state index contributed by atoms with van der Waals surface area (Å²) in [7, 11) is 1.83. The molecule has 136 valence electrons. The standard InChI is InChI=1S/C20H29N3O2/c1-3-4-10-18-20(25)21(2)14-15-23(18)19(24)16-9-5-6-11-17(16)22-12-7-8-13-22/h5-6,9,11,18H,3-4,7-8,10,12-15H2,1-2H3/t18-/m0/s1. The van der Waals surface area contributed by atoms with Gasteiger partial charge in [-0.15, -0.1) is 0 Å². The molecule has 25 heavy (non-hydrogen) atoms. The lowest BCUT2D eigenvalue weighted by atomic mass is 10.0. The molecule has 0 radical (unpaired) electrons. The normalized spacial score (nSPS) is 21.1. The second kappa shape index (κ2) is 7.89. The van der Waals surface area contributed by atoms with Crippen LogP contribution in [-0.4, -0.2) is 60.9 Å². The van der Waals surface area contributed by atoms with E-state index >= 15 is 0 Å². The number of anilines is 1. The molecule has 2 heterocycles. The van der Waals surface area contributed by atoms with Gasteiger partial charge in [0.25, 0.3) is 5.91 Å². The van der Waals surface area contributed by atoms with Crippen molar-refractivity contribution < 1.29 is 9.59 Å². The van der Waals surface area contributed by atoms with E-state index < -0.39 is 0 Å². The summed E-state index contributed by atoms with van der Waals surface area (Å²) in [6.45, 7) is 5.35. The molecule has 0 saturated carbocycles. The van der Waals surface area contributed by atoms with Crippen molar-refractivity contribution >= 4 is 17.5 Å². The first kappa shape index (κ1) is 17.8. The van der Waals surface area contributed by atoms with Crippen LogP contribution >= 0.6 is 0 Å². The van der Waals surface area contributed by atoms with Crippen molar-refractivity contribution in [2.24, 2.45) is 0 Å². The first-order valence-electron chi connectivity index (χ1n) is 9.53. The zero-order valence-electron chi connectivity index (χ0n) is 15.4. The first-order valence-corrected chi connectivity index (χ1v) is 9.53. The lowest BCUT2D eigenvalue weighted by Gasteiger charge is -2.39. The maximum Gasteiger partial charge on any atom is 0.256 e. The van der Waals surface area contributed by atoms with Crippen LogP contribution in [0.25, 0.3) is 0 Å². The highest BCUT2D eigenvalue weighted by Crippen LogP contribution is 2.27. The van der Waals surface area contributed by atoms with Crippen LogP contribution in [0.2, 0.25) is 0 Å². The molecule has 1 aromatic rings. The molecule has 2 amide bonds. The molecule has 1 atom stereocenters. The summed E-state index contributed by atoms with van der Waals surface area (Å²) in [6, 6.07) is 7.55. The van der Waals surface area contributed by atoms with Crippen LogP contribution in [0.1, 0.15) is 49.4 Å². The van der Waals surface area contributed by atoms with Crippen LogP contribution < -0.4 is 4.90 Å². The van der Waals surface area contributed by atoms with Crippen molar-refractivity contribution in [3.63, 3.8) is 0 Å². The Balaban J connectivity index is 1.87. The van der Waals surface area contributed by atoms with E-state index in [4.69, 9.17) is 0 Å². The smallest absolute Gasteiger partial charge is 0.256 e. The number of nitrogens with zero attached hydrogens (tertiary/aromatic N) is 3. The van der Waals surface area contributed by atoms with Crippen molar-refractivity contribution in [2.45, 2.75) is 45.1 Å². The molecule has 0 aliphatic carbocycles. The fraction of sp³-hybridized carbons (Fsp3) is 0.600. The molecule has 0 aromatic heterocycles.